The molecule has 0 atom stereocenters. The number of aliphatic carboxylic acids is 1. The van der Waals surface area contributed by atoms with Crippen molar-refractivity contribution in [2.24, 2.45) is 0 Å². The molecule has 102 valence electrons. The summed E-state index contributed by atoms with van der Waals surface area (Å²) in [6, 6.07) is 0. The van der Waals surface area contributed by atoms with Gasteiger partial charge >= 0.3 is 5.97 Å². The standard InChI is InChI=1S/C14H24N2O2/c17-14(18)8-7-13-16(11-5-2-6-12-16)15-9-3-1-4-10-15/h7-8H,1-6,9-13H2/p+1. The van der Waals surface area contributed by atoms with Crippen molar-refractivity contribution in [1.82, 2.24) is 5.01 Å². The molecule has 4 heteroatoms. The topological polar surface area (TPSA) is 40.5 Å². The van der Waals surface area contributed by atoms with Crippen LogP contribution in [0, 0.1) is 0 Å². The highest BCUT2D eigenvalue weighted by molar-refractivity contribution is 5.79. The number of piperidine rings is 2. The van der Waals surface area contributed by atoms with Crippen molar-refractivity contribution in [3.05, 3.63) is 12.2 Å². The van der Waals surface area contributed by atoms with Crippen LogP contribution >= 0.6 is 0 Å². The van der Waals surface area contributed by atoms with Crippen LogP contribution in [0.15, 0.2) is 12.2 Å². The summed E-state index contributed by atoms with van der Waals surface area (Å²) in [6.45, 7) is 5.59. The molecule has 0 bridgehead atoms. The Bertz CT molecular complexity index is 303. The lowest BCUT2D eigenvalue weighted by Crippen LogP contribution is -2.63. The number of rotatable bonds is 4. The summed E-state index contributed by atoms with van der Waals surface area (Å²) in [4.78, 5) is 10.6. The van der Waals surface area contributed by atoms with Gasteiger partial charge in [0.05, 0.1) is 13.1 Å². The Balaban J connectivity index is 2.03. The van der Waals surface area contributed by atoms with Crippen LogP contribution in [0.5, 0.6) is 0 Å². The number of carboxylic acids is 1. The minimum absolute atomic E-state index is 0.830. The van der Waals surface area contributed by atoms with Crippen molar-refractivity contribution in [2.75, 3.05) is 32.7 Å². The van der Waals surface area contributed by atoms with E-state index in [-0.39, 0.29) is 0 Å². The molecule has 0 amide bonds. The highest BCUT2D eigenvalue weighted by Crippen LogP contribution is 2.25. The van der Waals surface area contributed by atoms with E-state index in [1.54, 1.807) is 0 Å². The first kappa shape index (κ1) is 13.6. The van der Waals surface area contributed by atoms with Crippen LogP contribution in [0.3, 0.4) is 0 Å². The van der Waals surface area contributed by atoms with Gasteiger partial charge in [-0.2, -0.15) is 5.01 Å². The van der Waals surface area contributed by atoms with Gasteiger partial charge in [0, 0.05) is 19.2 Å². The van der Waals surface area contributed by atoms with Gasteiger partial charge in [-0.3, -0.25) is 0 Å². The van der Waals surface area contributed by atoms with E-state index in [0.29, 0.717) is 0 Å². The van der Waals surface area contributed by atoms with Gasteiger partial charge in [-0.05, 0) is 38.2 Å². The molecule has 0 aromatic carbocycles. The first-order valence-corrected chi connectivity index (χ1v) is 7.24. The SMILES string of the molecule is O=C(O)C=CC[N+]1(N2CCCCC2)CCCCC1. The Morgan fingerprint density at radius 1 is 1.06 bits per heavy atom. The summed E-state index contributed by atoms with van der Waals surface area (Å²) in [6.07, 6.45) is 11.0. The molecule has 1 N–H and O–H groups in total. The van der Waals surface area contributed by atoms with Gasteiger partial charge in [-0.15, -0.1) is 0 Å². The van der Waals surface area contributed by atoms with Gasteiger partial charge in [-0.1, -0.05) is 6.42 Å². The summed E-state index contributed by atoms with van der Waals surface area (Å²) in [5.41, 5.74) is 0. The zero-order chi connectivity index (χ0) is 12.8. The van der Waals surface area contributed by atoms with Crippen LogP contribution in [0.2, 0.25) is 0 Å². The molecule has 18 heavy (non-hydrogen) atoms. The molecule has 0 aromatic heterocycles. The first-order chi connectivity index (χ1) is 8.73. The van der Waals surface area contributed by atoms with Gasteiger partial charge in [-0.25, -0.2) is 9.39 Å². The number of carboxylic acid groups (broad SMARTS) is 1. The van der Waals surface area contributed by atoms with Crippen molar-refractivity contribution >= 4 is 5.97 Å². The van der Waals surface area contributed by atoms with Crippen molar-refractivity contribution in [1.29, 1.82) is 0 Å². The van der Waals surface area contributed by atoms with Crippen LogP contribution in [-0.4, -0.2) is 53.4 Å². The van der Waals surface area contributed by atoms with Crippen molar-refractivity contribution < 1.29 is 14.5 Å². The van der Waals surface area contributed by atoms with E-state index in [4.69, 9.17) is 5.11 Å². The summed E-state index contributed by atoms with van der Waals surface area (Å²) in [5.74, 6) is -0.830. The zero-order valence-corrected chi connectivity index (χ0v) is 11.2. The minimum Gasteiger partial charge on any atom is -0.478 e. The molecule has 2 rings (SSSR count). The van der Waals surface area contributed by atoms with Crippen LogP contribution in [-0.2, 0) is 4.79 Å². The lowest BCUT2D eigenvalue weighted by atomic mass is 10.1. The predicted octanol–water partition coefficient (Wildman–Crippen LogP) is 2.03. The molecule has 2 saturated heterocycles. The maximum atomic E-state index is 10.6. The molecule has 2 heterocycles. The summed E-state index contributed by atoms with van der Waals surface area (Å²) >= 11 is 0. The number of nitrogens with zero attached hydrogens (tertiary/aromatic N) is 2. The fourth-order valence-corrected chi connectivity index (χ4v) is 3.33. The Kier molecular flexibility index (Phi) is 4.78. The second kappa shape index (κ2) is 6.34. The molecule has 0 radical (unpaired) electrons. The summed E-state index contributed by atoms with van der Waals surface area (Å²) < 4.78 is 1.00. The van der Waals surface area contributed by atoms with Gasteiger partial charge in [0.25, 0.3) is 0 Å². The van der Waals surface area contributed by atoms with Gasteiger partial charge in [0.1, 0.15) is 6.54 Å². The van der Waals surface area contributed by atoms with Crippen LogP contribution in [0.4, 0.5) is 0 Å². The fourth-order valence-electron chi connectivity index (χ4n) is 3.33. The molecule has 2 aliphatic rings. The number of quaternary nitrogens is 1. The molecule has 0 saturated carbocycles. The lowest BCUT2D eigenvalue weighted by Gasteiger charge is -2.49. The Labute approximate surface area is 109 Å². The van der Waals surface area contributed by atoms with Crippen molar-refractivity contribution in [3.8, 4) is 0 Å². The summed E-state index contributed by atoms with van der Waals surface area (Å²) in [7, 11) is 0. The van der Waals surface area contributed by atoms with Gasteiger partial charge in [0.2, 0.25) is 0 Å². The van der Waals surface area contributed by atoms with E-state index >= 15 is 0 Å². The van der Waals surface area contributed by atoms with Crippen LogP contribution in [0.1, 0.15) is 38.5 Å². The highest BCUT2D eigenvalue weighted by Gasteiger charge is 2.36. The first-order valence-electron chi connectivity index (χ1n) is 7.24. The van der Waals surface area contributed by atoms with E-state index < -0.39 is 5.97 Å². The van der Waals surface area contributed by atoms with E-state index in [2.05, 4.69) is 5.01 Å². The molecule has 4 nitrogen and oxygen atoms in total. The van der Waals surface area contributed by atoms with E-state index in [9.17, 15) is 4.79 Å². The molecule has 0 aliphatic carbocycles. The smallest absolute Gasteiger partial charge is 0.328 e. The molecule has 0 unspecified atom stereocenters. The lowest BCUT2D eigenvalue weighted by molar-refractivity contribution is -1.03. The second-order valence-electron chi connectivity index (χ2n) is 5.54. The number of carbonyl (C=O) groups is 1. The quantitative estimate of drug-likeness (QED) is 0.615. The monoisotopic (exact) mass is 253 g/mol. The van der Waals surface area contributed by atoms with Crippen LogP contribution < -0.4 is 0 Å². The van der Waals surface area contributed by atoms with E-state index in [0.717, 1.165) is 11.1 Å². The Morgan fingerprint density at radius 2 is 1.67 bits per heavy atom. The number of hydrogen-bond donors (Lipinski definition) is 1. The zero-order valence-electron chi connectivity index (χ0n) is 11.2. The molecular weight excluding hydrogens is 228 g/mol. The third kappa shape index (κ3) is 3.33. The summed E-state index contributed by atoms with van der Waals surface area (Å²) in [5, 5.41) is 11.3. The third-order valence-electron chi connectivity index (χ3n) is 4.29. The molecule has 0 aromatic rings. The molecule has 2 aliphatic heterocycles. The molecule has 2 fully saturated rings. The maximum absolute atomic E-state index is 10.6. The fraction of sp³-hybridized carbons (Fsp3) is 0.786. The Morgan fingerprint density at radius 3 is 2.28 bits per heavy atom. The van der Waals surface area contributed by atoms with E-state index in [1.807, 2.05) is 6.08 Å². The minimum atomic E-state index is -0.830. The van der Waals surface area contributed by atoms with Gasteiger partial charge < -0.3 is 5.11 Å². The predicted molar refractivity (Wildman–Crippen MR) is 70.9 cm³/mol. The number of hydrogen-bond acceptors (Lipinski definition) is 2. The molecular formula is C14H25N2O2+. The maximum Gasteiger partial charge on any atom is 0.328 e. The van der Waals surface area contributed by atoms with Crippen molar-refractivity contribution in [2.45, 2.75) is 38.5 Å². The highest BCUT2D eigenvalue weighted by atomic mass is 16.4. The van der Waals surface area contributed by atoms with Crippen molar-refractivity contribution in [3.63, 3.8) is 0 Å². The largest absolute Gasteiger partial charge is 0.478 e. The van der Waals surface area contributed by atoms with Gasteiger partial charge in [0.15, 0.2) is 0 Å². The van der Waals surface area contributed by atoms with Crippen LogP contribution in [0.25, 0.3) is 0 Å². The third-order valence-corrected chi connectivity index (χ3v) is 4.29. The average molecular weight is 253 g/mol. The number of likely N-dealkylation sites (tertiary alicyclic amines) is 1. The van der Waals surface area contributed by atoms with E-state index in [1.165, 1.54) is 70.8 Å². The normalized spacial score (nSPS) is 25.3. The second-order valence-corrected chi connectivity index (χ2v) is 5.54. The average Bonchev–Trinajstić information content (AvgIpc) is 2.40. The molecule has 0 spiro atoms. The Hall–Kier alpha value is -0.870.